The number of benzene rings is 1. The minimum atomic E-state index is 0.0822. The van der Waals surface area contributed by atoms with Gasteiger partial charge in [-0.05, 0) is 40.2 Å². The van der Waals surface area contributed by atoms with Crippen LogP contribution in [-0.2, 0) is 6.54 Å². The summed E-state index contributed by atoms with van der Waals surface area (Å²) in [6, 6.07) is 10.9. The van der Waals surface area contributed by atoms with Gasteiger partial charge in [0.15, 0.2) is 0 Å². The normalized spacial score (nSPS) is 10.4. The minimum Gasteiger partial charge on any atom is -0.481 e. The van der Waals surface area contributed by atoms with Gasteiger partial charge in [-0.2, -0.15) is 9.97 Å². The monoisotopic (exact) mass is 450 g/mol. The molecule has 0 atom stereocenters. The molecule has 1 N–H and O–H groups in total. The molecule has 3 aromatic rings. The zero-order valence-electron chi connectivity index (χ0n) is 14.6. The Hall–Kier alpha value is -2.58. The molecule has 0 saturated heterocycles. The molecule has 0 fully saturated rings. The Morgan fingerprint density at radius 2 is 1.81 bits per heavy atom. The third-order valence-corrected chi connectivity index (χ3v) is 4.41. The number of rotatable bonds is 7. The first-order chi connectivity index (χ1) is 13.1. The largest absolute Gasteiger partial charge is 0.481 e. The molecule has 0 unspecified atom stereocenters. The average molecular weight is 452 g/mol. The highest BCUT2D eigenvalue weighted by Gasteiger charge is 2.12. The zero-order valence-corrected chi connectivity index (χ0v) is 16.9. The van der Waals surface area contributed by atoms with Crippen LogP contribution in [0, 0.1) is 0 Å². The molecule has 140 valence electrons. The third-order valence-electron chi connectivity index (χ3n) is 3.52. The smallest absolute Gasteiger partial charge is 0.330 e. The van der Waals surface area contributed by atoms with Gasteiger partial charge in [-0.3, -0.25) is 0 Å². The van der Waals surface area contributed by atoms with Crippen molar-refractivity contribution in [3.05, 3.63) is 57.7 Å². The number of hydrogen-bond donors (Lipinski definition) is 1. The maximum Gasteiger partial charge on any atom is 0.330 e. The van der Waals surface area contributed by atoms with Crippen LogP contribution in [0.25, 0.3) is 0 Å². The number of nitrogens with one attached hydrogen (secondary N) is 1. The number of pyridine rings is 1. The summed E-state index contributed by atoms with van der Waals surface area (Å²) in [6.07, 6.45) is 1.63. The number of halogens is 2. The summed E-state index contributed by atoms with van der Waals surface area (Å²) in [6.45, 7) is 0.477. The average Bonchev–Trinajstić information content (AvgIpc) is 2.68. The van der Waals surface area contributed by atoms with E-state index in [-0.39, 0.29) is 6.01 Å². The molecule has 7 nitrogen and oxygen atoms in total. The van der Waals surface area contributed by atoms with E-state index in [1.807, 2.05) is 30.3 Å². The van der Waals surface area contributed by atoms with Crippen LogP contribution in [0.3, 0.4) is 0 Å². The molecule has 0 bridgehead atoms. The Morgan fingerprint density at radius 3 is 2.48 bits per heavy atom. The molecule has 0 aliphatic rings. The molecule has 1 aromatic carbocycles. The number of aromatic nitrogens is 3. The molecule has 0 amide bonds. The standard InChI is InChI=1S/C18H16BrClN4O3/c1-25-15-9-16(26-2)24-18(23-15)27-17-11(4-3-7-21-17)10-22-14-6-5-12(20)8-13(14)19/h3-9,22H,10H2,1-2H3. The fourth-order valence-corrected chi connectivity index (χ4v) is 3.02. The molecule has 0 radical (unpaired) electrons. The predicted molar refractivity (Wildman–Crippen MR) is 106 cm³/mol. The van der Waals surface area contributed by atoms with E-state index >= 15 is 0 Å². The molecular formula is C18H16BrClN4O3. The van der Waals surface area contributed by atoms with E-state index in [0.717, 1.165) is 15.7 Å². The van der Waals surface area contributed by atoms with Gasteiger partial charge in [-0.15, -0.1) is 0 Å². The first-order valence-corrected chi connectivity index (χ1v) is 9.04. The molecule has 0 spiro atoms. The van der Waals surface area contributed by atoms with Gasteiger partial charge in [-0.1, -0.05) is 17.7 Å². The lowest BCUT2D eigenvalue weighted by molar-refractivity contribution is 0.344. The first-order valence-electron chi connectivity index (χ1n) is 7.87. The second kappa shape index (κ2) is 8.88. The Bertz CT molecular complexity index is 920. The van der Waals surface area contributed by atoms with Crippen molar-refractivity contribution in [2.75, 3.05) is 19.5 Å². The molecule has 3 rings (SSSR count). The van der Waals surface area contributed by atoms with Gasteiger partial charge >= 0.3 is 6.01 Å². The summed E-state index contributed by atoms with van der Waals surface area (Å²) in [7, 11) is 3.01. The van der Waals surface area contributed by atoms with Crippen LogP contribution in [0.2, 0.25) is 5.02 Å². The van der Waals surface area contributed by atoms with Crippen LogP contribution >= 0.6 is 27.5 Å². The van der Waals surface area contributed by atoms with E-state index < -0.39 is 0 Å². The topological polar surface area (TPSA) is 78.4 Å². The summed E-state index contributed by atoms with van der Waals surface area (Å²) in [5, 5.41) is 3.97. The predicted octanol–water partition coefficient (Wildman–Crippen LogP) is 4.71. The zero-order chi connectivity index (χ0) is 19.2. The van der Waals surface area contributed by atoms with Gasteiger partial charge in [0, 0.05) is 33.5 Å². The summed E-state index contributed by atoms with van der Waals surface area (Å²) in [4.78, 5) is 12.6. The van der Waals surface area contributed by atoms with Gasteiger partial charge < -0.3 is 19.5 Å². The molecule has 27 heavy (non-hydrogen) atoms. The summed E-state index contributed by atoms with van der Waals surface area (Å²) in [5.74, 6) is 1.04. The molecule has 2 aromatic heterocycles. The van der Waals surface area contributed by atoms with Crippen molar-refractivity contribution in [2.45, 2.75) is 6.54 Å². The fourth-order valence-electron chi connectivity index (χ4n) is 2.20. The van der Waals surface area contributed by atoms with Crippen molar-refractivity contribution < 1.29 is 14.2 Å². The second-order valence-electron chi connectivity index (χ2n) is 5.28. The summed E-state index contributed by atoms with van der Waals surface area (Å²) in [5.41, 5.74) is 1.72. The third kappa shape index (κ3) is 4.99. The van der Waals surface area contributed by atoms with Gasteiger partial charge in [0.2, 0.25) is 17.6 Å². The lowest BCUT2D eigenvalue weighted by Gasteiger charge is -2.12. The number of nitrogens with zero attached hydrogens (tertiary/aromatic N) is 3. The summed E-state index contributed by atoms with van der Waals surface area (Å²) < 4.78 is 16.9. The molecule has 9 heteroatoms. The molecular weight excluding hydrogens is 436 g/mol. The van der Waals surface area contributed by atoms with Crippen molar-refractivity contribution in [3.63, 3.8) is 0 Å². The quantitative estimate of drug-likeness (QED) is 0.557. The van der Waals surface area contributed by atoms with Crippen molar-refractivity contribution in [1.29, 1.82) is 0 Å². The van der Waals surface area contributed by atoms with Gasteiger partial charge in [0.05, 0.1) is 20.3 Å². The molecule has 0 aliphatic carbocycles. The Kier molecular flexibility index (Phi) is 6.31. The van der Waals surface area contributed by atoms with Crippen LogP contribution in [0.15, 0.2) is 47.1 Å². The Morgan fingerprint density at radius 1 is 1.07 bits per heavy atom. The second-order valence-corrected chi connectivity index (χ2v) is 6.57. The van der Waals surface area contributed by atoms with Crippen LogP contribution < -0.4 is 19.5 Å². The molecule has 0 saturated carbocycles. The van der Waals surface area contributed by atoms with Gasteiger partial charge in [-0.25, -0.2) is 4.98 Å². The van der Waals surface area contributed by atoms with E-state index in [9.17, 15) is 0 Å². The van der Waals surface area contributed by atoms with Gasteiger partial charge in [0.1, 0.15) is 0 Å². The minimum absolute atomic E-state index is 0.0822. The van der Waals surface area contributed by atoms with E-state index in [2.05, 4.69) is 36.2 Å². The number of anilines is 1. The van der Waals surface area contributed by atoms with E-state index in [1.165, 1.54) is 14.2 Å². The van der Waals surface area contributed by atoms with Crippen LogP contribution in [-0.4, -0.2) is 29.2 Å². The van der Waals surface area contributed by atoms with E-state index in [1.54, 1.807) is 12.3 Å². The fraction of sp³-hybridized carbons (Fsp3) is 0.167. The van der Waals surface area contributed by atoms with Crippen molar-refractivity contribution in [2.24, 2.45) is 0 Å². The maximum absolute atomic E-state index is 5.98. The lowest BCUT2D eigenvalue weighted by Crippen LogP contribution is -2.05. The Balaban J connectivity index is 1.80. The van der Waals surface area contributed by atoms with Crippen molar-refractivity contribution >= 4 is 33.2 Å². The summed E-state index contributed by atoms with van der Waals surface area (Å²) >= 11 is 9.46. The van der Waals surface area contributed by atoms with Gasteiger partial charge in [0.25, 0.3) is 0 Å². The van der Waals surface area contributed by atoms with E-state index in [4.69, 9.17) is 25.8 Å². The molecule has 2 heterocycles. The number of ether oxygens (including phenoxy) is 3. The van der Waals surface area contributed by atoms with Crippen LogP contribution in [0.1, 0.15) is 5.56 Å². The van der Waals surface area contributed by atoms with Crippen LogP contribution in [0.4, 0.5) is 5.69 Å². The van der Waals surface area contributed by atoms with Crippen molar-refractivity contribution in [1.82, 2.24) is 15.0 Å². The lowest BCUT2D eigenvalue weighted by atomic mass is 10.2. The highest BCUT2D eigenvalue weighted by molar-refractivity contribution is 9.10. The maximum atomic E-state index is 5.98. The molecule has 0 aliphatic heterocycles. The Labute approximate surface area is 169 Å². The first kappa shape index (κ1) is 19.2. The SMILES string of the molecule is COc1cc(OC)nc(Oc2ncccc2CNc2ccc(Cl)cc2Br)n1. The van der Waals surface area contributed by atoms with Crippen molar-refractivity contribution in [3.8, 4) is 23.7 Å². The number of hydrogen-bond acceptors (Lipinski definition) is 7. The van der Waals surface area contributed by atoms with E-state index in [0.29, 0.717) is 29.2 Å². The van der Waals surface area contributed by atoms with Crippen LogP contribution in [0.5, 0.6) is 23.7 Å². The highest BCUT2D eigenvalue weighted by atomic mass is 79.9. The highest BCUT2D eigenvalue weighted by Crippen LogP contribution is 2.28. The number of methoxy groups -OCH3 is 2.